The lowest BCUT2D eigenvalue weighted by molar-refractivity contribution is 0.340. The van der Waals surface area contributed by atoms with Crippen LogP contribution in [0.1, 0.15) is 59.9 Å². The highest BCUT2D eigenvalue weighted by Gasteiger charge is 2.08. The van der Waals surface area contributed by atoms with Crippen molar-refractivity contribution in [2.75, 3.05) is 6.61 Å². The molecule has 2 nitrogen and oxygen atoms in total. The van der Waals surface area contributed by atoms with Gasteiger partial charge in [0.05, 0.1) is 12.3 Å². The molecule has 0 saturated heterocycles. The van der Waals surface area contributed by atoms with Crippen LogP contribution in [0, 0.1) is 5.92 Å². The third-order valence-corrected chi connectivity index (χ3v) is 3.35. The van der Waals surface area contributed by atoms with Gasteiger partial charge in [-0.15, -0.1) is 0 Å². The van der Waals surface area contributed by atoms with Crippen LogP contribution in [0.15, 0.2) is 34.8 Å². The Morgan fingerprint density at radius 2 is 1.90 bits per heavy atom. The molecule has 0 spiro atoms. The normalized spacial score (nSPS) is 13.4. The van der Waals surface area contributed by atoms with E-state index in [1.54, 1.807) is 0 Å². The highest BCUT2D eigenvalue weighted by Crippen LogP contribution is 2.27. The first-order valence-corrected chi connectivity index (χ1v) is 7.95. The van der Waals surface area contributed by atoms with E-state index < -0.39 is 0 Å². The minimum atomic E-state index is 0.632. The lowest BCUT2D eigenvalue weighted by Crippen LogP contribution is -1.97. The molecule has 0 unspecified atom stereocenters. The highest BCUT2D eigenvalue weighted by molar-refractivity contribution is 5.88. The first-order chi connectivity index (χ1) is 9.97. The standard InChI is InChI=1S/C19H29NO/c1-7-16(6)20-19(15(5)12-14(3)4)17-10-9-11-18(13-17)21-8-2/h9-11,13-14H,7-8,12H2,1-6H3/b19-15+,20-16+. The number of allylic oxidation sites excluding steroid dienone is 1. The Balaban J connectivity index is 3.26. The van der Waals surface area contributed by atoms with Crippen LogP contribution >= 0.6 is 0 Å². The third-order valence-electron chi connectivity index (χ3n) is 3.35. The molecular formula is C19H29NO. The first-order valence-electron chi connectivity index (χ1n) is 7.95. The van der Waals surface area contributed by atoms with Gasteiger partial charge in [0.2, 0.25) is 0 Å². The van der Waals surface area contributed by atoms with E-state index in [2.05, 4.69) is 46.8 Å². The predicted octanol–water partition coefficient (Wildman–Crippen LogP) is 5.73. The summed E-state index contributed by atoms with van der Waals surface area (Å²) in [7, 11) is 0. The minimum Gasteiger partial charge on any atom is -0.494 e. The second-order valence-electron chi connectivity index (χ2n) is 5.89. The molecule has 0 amide bonds. The zero-order valence-corrected chi connectivity index (χ0v) is 14.4. The van der Waals surface area contributed by atoms with Gasteiger partial charge in [0.25, 0.3) is 0 Å². The summed E-state index contributed by atoms with van der Waals surface area (Å²) in [6.07, 6.45) is 2.04. The maximum atomic E-state index is 5.62. The van der Waals surface area contributed by atoms with Crippen molar-refractivity contribution in [3.63, 3.8) is 0 Å². The van der Waals surface area contributed by atoms with E-state index in [1.165, 1.54) is 5.57 Å². The fourth-order valence-electron chi connectivity index (χ4n) is 2.29. The molecule has 1 aromatic carbocycles. The lowest BCUT2D eigenvalue weighted by Gasteiger charge is -2.13. The van der Waals surface area contributed by atoms with Gasteiger partial charge in [-0.25, -0.2) is 0 Å². The molecule has 0 aliphatic carbocycles. The number of nitrogens with zero attached hydrogens (tertiary/aromatic N) is 1. The average molecular weight is 287 g/mol. The number of hydrogen-bond acceptors (Lipinski definition) is 2. The molecule has 21 heavy (non-hydrogen) atoms. The van der Waals surface area contributed by atoms with Crippen molar-refractivity contribution in [3.05, 3.63) is 35.4 Å². The summed E-state index contributed by atoms with van der Waals surface area (Å²) in [4.78, 5) is 4.86. The number of hydrogen-bond donors (Lipinski definition) is 0. The molecule has 0 aromatic heterocycles. The molecule has 0 radical (unpaired) electrons. The molecule has 0 fully saturated rings. The summed E-state index contributed by atoms with van der Waals surface area (Å²) in [6.45, 7) is 13.6. The van der Waals surface area contributed by atoms with E-state index >= 15 is 0 Å². The van der Waals surface area contributed by atoms with Gasteiger partial charge in [-0.1, -0.05) is 32.9 Å². The fraction of sp³-hybridized carbons (Fsp3) is 0.526. The van der Waals surface area contributed by atoms with E-state index in [9.17, 15) is 0 Å². The van der Waals surface area contributed by atoms with Crippen molar-refractivity contribution >= 4 is 11.4 Å². The SMILES string of the molecule is CCOc1cccc(C(/N=C(\C)CC)=C(/C)CC(C)C)c1. The highest BCUT2D eigenvalue weighted by atomic mass is 16.5. The van der Waals surface area contributed by atoms with Crippen molar-refractivity contribution in [3.8, 4) is 5.75 Å². The van der Waals surface area contributed by atoms with Crippen LogP contribution < -0.4 is 4.74 Å². The number of aliphatic imine (C=N–C) groups is 1. The van der Waals surface area contributed by atoms with Crippen molar-refractivity contribution in [1.82, 2.24) is 0 Å². The summed E-state index contributed by atoms with van der Waals surface area (Å²) >= 11 is 0. The summed E-state index contributed by atoms with van der Waals surface area (Å²) < 4.78 is 5.62. The van der Waals surface area contributed by atoms with Gasteiger partial charge in [0.1, 0.15) is 5.75 Å². The molecule has 1 rings (SSSR count). The van der Waals surface area contributed by atoms with E-state index in [0.717, 1.165) is 35.6 Å². The summed E-state index contributed by atoms with van der Waals surface area (Å²) in [5.41, 5.74) is 4.75. The smallest absolute Gasteiger partial charge is 0.119 e. The molecule has 0 heterocycles. The van der Waals surface area contributed by atoms with Crippen LogP contribution in [0.3, 0.4) is 0 Å². The molecule has 1 aromatic rings. The Labute approximate surface area is 129 Å². The number of rotatable bonds is 7. The molecule has 0 aliphatic rings. The quantitative estimate of drug-likeness (QED) is 0.586. The Morgan fingerprint density at radius 3 is 2.48 bits per heavy atom. The molecule has 0 bridgehead atoms. The van der Waals surface area contributed by atoms with E-state index in [1.807, 2.05) is 19.1 Å². The van der Waals surface area contributed by atoms with Crippen LogP contribution in [0.2, 0.25) is 0 Å². The molecule has 0 N–H and O–H groups in total. The van der Waals surface area contributed by atoms with Gasteiger partial charge in [-0.05, 0) is 57.2 Å². The van der Waals surface area contributed by atoms with Crippen molar-refractivity contribution in [2.24, 2.45) is 10.9 Å². The van der Waals surface area contributed by atoms with E-state index in [4.69, 9.17) is 9.73 Å². The summed E-state index contributed by atoms with van der Waals surface area (Å²) in [5.74, 6) is 1.54. The van der Waals surface area contributed by atoms with E-state index in [-0.39, 0.29) is 0 Å². The summed E-state index contributed by atoms with van der Waals surface area (Å²) in [5, 5.41) is 0. The third kappa shape index (κ3) is 5.74. The molecule has 116 valence electrons. The first kappa shape index (κ1) is 17.5. The zero-order chi connectivity index (χ0) is 15.8. The zero-order valence-electron chi connectivity index (χ0n) is 14.4. The summed E-state index contributed by atoms with van der Waals surface area (Å²) in [6, 6.07) is 8.25. The van der Waals surface area contributed by atoms with E-state index in [0.29, 0.717) is 12.5 Å². The van der Waals surface area contributed by atoms with Gasteiger partial charge in [-0.3, -0.25) is 4.99 Å². The van der Waals surface area contributed by atoms with Crippen molar-refractivity contribution < 1.29 is 4.74 Å². The Bertz CT molecular complexity index is 512. The van der Waals surface area contributed by atoms with Crippen LogP contribution in [-0.4, -0.2) is 12.3 Å². The molecule has 0 aliphatic heterocycles. The molecular weight excluding hydrogens is 258 g/mol. The Morgan fingerprint density at radius 1 is 1.19 bits per heavy atom. The average Bonchev–Trinajstić information content (AvgIpc) is 2.44. The largest absolute Gasteiger partial charge is 0.494 e. The second-order valence-corrected chi connectivity index (χ2v) is 5.89. The van der Waals surface area contributed by atoms with Crippen LogP contribution in [0.25, 0.3) is 5.70 Å². The topological polar surface area (TPSA) is 21.6 Å². The molecule has 0 saturated carbocycles. The second kappa shape index (κ2) is 8.66. The van der Waals surface area contributed by atoms with Gasteiger partial charge < -0.3 is 4.74 Å². The Kier molecular flexibility index (Phi) is 7.21. The monoisotopic (exact) mass is 287 g/mol. The number of ether oxygens (including phenoxy) is 1. The van der Waals surface area contributed by atoms with Gasteiger partial charge in [0, 0.05) is 11.3 Å². The molecule has 0 atom stereocenters. The predicted molar refractivity (Wildman–Crippen MR) is 93.1 cm³/mol. The van der Waals surface area contributed by atoms with Crippen molar-refractivity contribution in [1.29, 1.82) is 0 Å². The lowest BCUT2D eigenvalue weighted by atomic mass is 9.99. The maximum Gasteiger partial charge on any atom is 0.119 e. The van der Waals surface area contributed by atoms with Crippen molar-refractivity contribution in [2.45, 2.75) is 54.4 Å². The van der Waals surface area contributed by atoms with Crippen LogP contribution in [0.5, 0.6) is 5.75 Å². The van der Waals surface area contributed by atoms with Gasteiger partial charge >= 0.3 is 0 Å². The van der Waals surface area contributed by atoms with Crippen LogP contribution in [-0.2, 0) is 0 Å². The minimum absolute atomic E-state index is 0.632. The maximum absolute atomic E-state index is 5.62. The van der Waals surface area contributed by atoms with Gasteiger partial charge in [-0.2, -0.15) is 0 Å². The molecule has 2 heteroatoms. The number of benzene rings is 1. The van der Waals surface area contributed by atoms with Crippen LogP contribution in [0.4, 0.5) is 0 Å². The van der Waals surface area contributed by atoms with Gasteiger partial charge in [0.15, 0.2) is 0 Å². The fourth-order valence-corrected chi connectivity index (χ4v) is 2.29. The Hall–Kier alpha value is -1.57.